The highest BCUT2D eigenvalue weighted by Crippen LogP contribution is 2.65. The fourth-order valence-corrected chi connectivity index (χ4v) is 6.52. The molecule has 1 aliphatic carbocycles. The van der Waals surface area contributed by atoms with Gasteiger partial charge in [0.25, 0.3) is 0 Å². The van der Waals surface area contributed by atoms with Crippen LogP contribution in [0.3, 0.4) is 0 Å². The lowest BCUT2D eigenvalue weighted by Gasteiger charge is -2.12. The Kier molecular flexibility index (Phi) is 10.4. The highest BCUT2D eigenvalue weighted by Gasteiger charge is 2.67. The number of aryl methyl sites for hydroxylation is 1. The van der Waals surface area contributed by atoms with Gasteiger partial charge in [0.05, 0.1) is 16.5 Å². The van der Waals surface area contributed by atoms with E-state index in [-0.39, 0.29) is 45.8 Å². The smallest absolute Gasteiger partial charge is 0.406 e. The molecule has 1 N–H and O–H groups in total. The topological polar surface area (TPSA) is 55.4 Å². The second kappa shape index (κ2) is 14.0. The number of halogens is 12. The van der Waals surface area contributed by atoms with Gasteiger partial charge < -0.3 is 10.1 Å². The average molecular weight is 769 g/mol. The molecule has 0 aromatic heterocycles. The number of anilines is 1. The molecule has 0 aliphatic heterocycles. The van der Waals surface area contributed by atoms with Crippen molar-refractivity contribution >= 4 is 52.2 Å². The average Bonchev–Trinajstić information content (AvgIpc) is 3.60. The Bertz CT molecular complexity index is 1950. The van der Waals surface area contributed by atoms with Crippen LogP contribution in [0.25, 0.3) is 0 Å². The quantitative estimate of drug-likeness (QED) is 0.0993. The van der Waals surface area contributed by atoms with Crippen molar-refractivity contribution < 1.29 is 53.8 Å². The molecule has 1 aliphatic rings. The molecule has 5 rings (SSSR count). The van der Waals surface area contributed by atoms with Crippen LogP contribution in [-0.2, 0) is 30.2 Å². The van der Waals surface area contributed by atoms with Crippen LogP contribution >= 0.6 is 34.8 Å². The molecule has 16 heteroatoms. The van der Waals surface area contributed by atoms with Gasteiger partial charge in [-0.05, 0) is 78.1 Å². The van der Waals surface area contributed by atoms with Crippen molar-refractivity contribution in [1.82, 2.24) is 0 Å². The van der Waals surface area contributed by atoms with Crippen LogP contribution in [0.2, 0.25) is 5.02 Å². The summed E-state index contributed by atoms with van der Waals surface area (Å²) in [5, 5.41) is 2.40. The highest BCUT2D eigenvalue weighted by atomic mass is 35.5. The molecule has 1 fully saturated rings. The summed E-state index contributed by atoms with van der Waals surface area (Å²) in [6.07, 6.45) is -10.6. The van der Waals surface area contributed by atoms with Gasteiger partial charge in [-0.1, -0.05) is 35.9 Å². The predicted octanol–water partition coefficient (Wildman–Crippen LogP) is 10.4. The normalized spacial score (nSPS) is 17.0. The number of carbonyl (C=O) groups is 2. The van der Waals surface area contributed by atoms with Crippen LogP contribution in [0.5, 0.6) is 5.75 Å². The summed E-state index contributed by atoms with van der Waals surface area (Å²) in [6.45, 7) is 0. The Morgan fingerprint density at radius 2 is 1.48 bits per heavy atom. The second-order valence-corrected chi connectivity index (χ2v) is 13.2. The zero-order chi connectivity index (χ0) is 36.8. The zero-order valence-corrected chi connectivity index (χ0v) is 27.2. The molecular formula is C34H21Cl3F9NO3. The number of carbonyl (C=O) groups excluding carboxylic acids is 2. The molecule has 0 heterocycles. The number of hydrogen-bond acceptors (Lipinski definition) is 3. The van der Waals surface area contributed by atoms with E-state index >= 15 is 4.39 Å². The number of nitrogens with one attached hydrogen (secondary N) is 1. The van der Waals surface area contributed by atoms with Crippen LogP contribution < -0.4 is 10.1 Å². The molecule has 0 saturated heterocycles. The Labute approximate surface area is 293 Å². The number of ketones is 1. The number of ether oxygens (including phenoxy) is 1. The molecular weight excluding hydrogens is 748 g/mol. The van der Waals surface area contributed by atoms with Gasteiger partial charge in [-0.3, -0.25) is 9.59 Å². The molecule has 1 amide bonds. The van der Waals surface area contributed by atoms with Crippen LogP contribution in [0, 0.1) is 23.4 Å². The van der Waals surface area contributed by atoms with Crippen molar-refractivity contribution in [2.24, 2.45) is 5.92 Å². The maximum atomic E-state index is 15.4. The number of rotatable bonds is 10. The summed E-state index contributed by atoms with van der Waals surface area (Å²) in [5.74, 6) is -7.81. The predicted molar refractivity (Wildman–Crippen MR) is 167 cm³/mol. The summed E-state index contributed by atoms with van der Waals surface area (Å²) in [4.78, 5) is 26.3. The van der Waals surface area contributed by atoms with E-state index in [1.165, 1.54) is 30.3 Å². The molecule has 50 heavy (non-hydrogen) atoms. The second-order valence-electron chi connectivity index (χ2n) is 11.3. The van der Waals surface area contributed by atoms with E-state index in [0.29, 0.717) is 17.7 Å². The van der Waals surface area contributed by atoms with Crippen molar-refractivity contribution in [2.45, 2.75) is 42.1 Å². The van der Waals surface area contributed by atoms with E-state index in [2.05, 4.69) is 10.1 Å². The van der Waals surface area contributed by atoms with Crippen molar-refractivity contribution in [1.29, 1.82) is 0 Å². The third-order valence-electron chi connectivity index (χ3n) is 7.96. The Balaban J connectivity index is 1.27. The fraction of sp³-hybridized carbons (Fsp3) is 0.235. The van der Waals surface area contributed by atoms with Gasteiger partial charge >= 0.3 is 12.5 Å². The number of hydrogen-bond donors (Lipinski definition) is 1. The van der Waals surface area contributed by atoms with E-state index in [9.17, 15) is 44.7 Å². The molecule has 1 saturated carbocycles. The minimum Gasteiger partial charge on any atom is -0.406 e. The number of amides is 1. The summed E-state index contributed by atoms with van der Waals surface area (Å²) in [7, 11) is 0. The summed E-state index contributed by atoms with van der Waals surface area (Å²) in [6, 6.07) is 12.7. The number of Topliss-reactive ketones (excluding diaryl/α,β-unsaturated/α-hetero) is 1. The summed E-state index contributed by atoms with van der Waals surface area (Å²) < 4.78 is 123. The van der Waals surface area contributed by atoms with Gasteiger partial charge in [0.1, 0.15) is 27.5 Å². The molecule has 4 aromatic rings. The highest BCUT2D eigenvalue weighted by molar-refractivity contribution is 6.53. The van der Waals surface area contributed by atoms with Gasteiger partial charge in [-0.25, -0.2) is 13.2 Å². The molecule has 264 valence electrons. The molecule has 2 atom stereocenters. The maximum absolute atomic E-state index is 15.4. The van der Waals surface area contributed by atoms with Crippen molar-refractivity contribution in [3.8, 4) is 5.75 Å². The zero-order valence-electron chi connectivity index (χ0n) is 25.0. The first-order valence-corrected chi connectivity index (χ1v) is 15.6. The van der Waals surface area contributed by atoms with Gasteiger partial charge in [-0.15, -0.1) is 36.4 Å². The molecule has 2 unspecified atom stereocenters. The Hall–Kier alpha value is -3.94. The minimum absolute atomic E-state index is 0.0135. The lowest BCUT2D eigenvalue weighted by atomic mass is 9.97. The fourth-order valence-electron chi connectivity index (χ4n) is 5.47. The van der Waals surface area contributed by atoms with Crippen LogP contribution in [0.4, 0.5) is 45.2 Å². The molecule has 0 radical (unpaired) electrons. The number of alkyl halides is 8. The lowest BCUT2D eigenvalue weighted by Crippen LogP contribution is -2.17. The van der Waals surface area contributed by atoms with Crippen molar-refractivity contribution in [3.63, 3.8) is 0 Å². The largest absolute Gasteiger partial charge is 0.573 e. The van der Waals surface area contributed by atoms with E-state index in [1.54, 1.807) is 0 Å². The number of benzene rings is 4. The molecule has 4 nitrogen and oxygen atoms in total. The third-order valence-corrected chi connectivity index (χ3v) is 9.23. The first-order valence-electron chi connectivity index (χ1n) is 14.4. The van der Waals surface area contributed by atoms with E-state index in [4.69, 9.17) is 34.8 Å². The monoisotopic (exact) mass is 767 g/mol. The Morgan fingerprint density at radius 1 is 0.820 bits per heavy atom. The first-order chi connectivity index (χ1) is 23.3. The standard InChI is InChI=1S/C34H21Cl3F9NO3/c35-24-10-6-19(47-31(49)29-28(32(29,36)37)17-4-12-26(39)23(13-17)33(41,42)43)15-22(24)27(48)14-18-5-11-25(38)21(30(18)40)9-3-16-1-7-20(8-2-16)50-34(44,45)46/h1-2,4-8,10-13,15,28-29H,3,9,14H2,(H,47,49). The van der Waals surface area contributed by atoms with Crippen molar-refractivity contribution in [2.75, 3.05) is 5.32 Å². The van der Waals surface area contributed by atoms with E-state index in [0.717, 1.165) is 30.3 Å². The van der Waals surface area contributed by atoms with Crippen molar-refractivity contribution in [3.05, 3.63) is 129 Å². The van der Waals surface area contributed by atoms with Gasteiger partial charge in [0.2, 0.25) is 5.91 Å². The van der Waals surface area contributed by atoms with Crippen LogP contribution in [0.15, 0.2) is 72.8 Å². The first kappa shape index (κ1) is 37.3. The van der Waals surface area contributed by atoms with Gasteiger partial charge in [-0.2, -0.15) is 13.2 Å². The van der Waals surface area contributed by atoms with Crippen LogP contribution in [0.1, 0.15) is 44.1 Å². The summed E-state index contributed by atoms with van der Waals surface area (Å²) in [5.41, 5.74) is -1.88. The lowest BCUT2D eigenvalue weighted by molar-refractivity contribution is -0.274. The third kappa shape index (κ3) is 8.33. The molecule has 4 aromatic carbocycles. The minimum atomic E-state index is -5.01. The van der Waals surface area contributed by atoms with Gasteiger partial charge in [0, 0.05) is 29.2 Å². The summed E-state index contributed by atoms with van der Waals surface area (Å²) >= 11 is 18.7. The van der Waals surface area contributed by atoms with Gasteiger partial charge in [0.15, 0.2) is 5.78 Å². The molecule has 0 bridgehead atoms. The SMILES string of the molecule is O=C(Cc1ccc(F)c(CCc2ccc(OC(F)(F)F)cc2)c1F)c1cc(NC(=O)C2C(c3ccc(F)c(C(F)(F)F)c3)C2(Cl)Cl)ccc1Cl. The maximum Gasteiger partial charge on any atom is 0.573 e. The Morgan fingerprint density at radius 3 is 2.12 bits per heavy atom. The van der Waals surface area contributed by atoms with E-state index in [1.807, 2.05) is 0 Å². The van der Waals surface area contributed by atoms with Crippen LogP contribution in [-0.4, -0.2) is 22.4 Å². The van der Waals surface area contributed by atoms with E-state index < -0.39 is 75.6 Å². The molecule has 0 spiro atoms.